The molecule has 1 atom stereocenters. The number of piperazine rings is 1. The highest BCUT2D eigenvalue weighted by Crippen LogP contribution is 2.22. The van der Waals surface area contributed by atoms with Gasteiger partial charge in [0.05, 0.1) is 5.60 Å². The Bertz CT molecular complexity index is 408. The van der Waals surface area contributed by atoms with Crippen molar-refractivity contribution >= 4 is 0 Å². The van der Waals surface area contributed by atoms with E-state index in [1.807, 2.05) is 0 Å². The maximum atomic E-state index is 5.50. The molecule has 1 heterocycles. The van der Waals surface area contributed by atoms with E-state index in [-0.39, 0.29) is 5.60 Å². The average Bonchev–Trinajstić information content (AvgIpc) is 2.48. The number of ether oxygens (including phenoxy) is 1. The first-order chi connectivity index (χ1) is 9.52. The molecular formula is C17H28N2O. The van der Waals surface area contributed by atoms with E-state index in [2.05, 4.69) is 55.3 Å². The average molecular weight is 276 g/mol. The molecule has 2 rings (SSSR count). The van der Waals surface area contributed by atoms with Crippen molar-refractivity contribution in [1.82, 2.24) is 10.2 Å². The van der Waals surface area contributed by atoms with Gasteiger partial charge in [-0.15, -0.1) is 0 Å². The van der Waals surface area contributed by atoms with Crippen molar-refractivity contribution in [3.05, 3.63) is 35.4 Å². The topological polar surface area (TPSA) is 24.5 Å². The molecule has 1 aromatic carbocycles. The normalized spacial score (nSPS) is 19.0. The van der Waals surface area contributed by atoms with Gasteiger partial charge >= 0.3 is 0 Å². The number of benzene rings is 1. The summed E-state index contributed by atoms with van der Waals surface area (Å²) in [6.45, 7) is 11.0. The number of methoxy groups -OCH3 is 1. The van der Waals surface area contributed by atoms with Crippen LogP contribution >= 0.6 is 0 Å². The third-order valence-corrected chi connectivity index (χ3v) is 4.34. The second kappa shape index (κ2) is 6.70. The highest BCUT2D eigenvalue weighted by atomic mass is 16.5. The zero-order valence-corrected chi connectivity index (χ0v) is 13.3. The summed E-state index contributed by atoms with van der Waals surface area (Å²) >= 11 is 0. The molecule has 112 valence electrons. The summed E-state index contributed by atoms with van der Waals surface area (Å²) in [5.41, 5.74) is 2.66. The zero-order chi connectivity index (χ0) is 14.6. The molecule has 1 aromatic rings. The summed E-state index contributed by atoms with van der Waals surface area (Å²) < 4.78 is 5.50. The Morgan fingerprint density at radius 1 is 1.20 bits per heavy atom. The Labute approximate surface area is 123 Å². The largest absolute Gasteiger partial charge is 0.378 e. The molecule has 0 aliphatic carbocycles. The Morgan fingerprint density at radius 3 is 2.35 bits per heavy atom. The summed E-state index contributed by atoms with van der Waals surface area (Å²) in [4.78, 5) is 2.55. The van der Waals surface area contributed by atoms with Crippen LogP contribution in [0.1, 0.15) is 37.9 Å². The van der Waals surface area contributed by atoms with E-state index >= 15 is 0 Å². The molecule has 0 amide bonds. The van der Waals surface area contributed by atoms with Crippen molar-refractivity contribution < 1.29 is 4.74 Å². The van der Waals surface area contributed by atoms with E-state index < -0.39 is 0 Å². The van der Waals surface area contributed by atoms with Crippen molar-refractivity contribution in [3.63, 3.8) is 0 Å². The third kappa shape index (κ3) is 4.05. The number of nitrogens with one attached hydrogen (secondary N) is 1. The molecule has 1 aliphatic heterocycles. The number of nitrogens with zero attached hydrogens (tertiary/aromatic N) is 1. The van der Waals surface area contributed by atoms with Crippen LogP contribution in [0.25, 0.3) is 0 Å². The third-order valence-electron chi connectivity index (χ3n) is 4.34. The summed E-state index contributed by atoms with van der Waals surface area (Å²) in [5.74, 6) is 0. The molecule has 1 saturated heterocycles. The molecule has 0 aromatic heterocycles. The minimum absolute atomic E-state index is 0.0916. The first-order valence-corrected chi connectivity index (χ1v) is 7.60. The van der Waals surface area contributed by atoms with Gasteiger partial charge in [0.25, 0.3) is 0 Å². The van der Waals surface area contributed by atoms with Crippen LogP contribution in [-0.4, -0.2) is 43.8 Å². The van der Waals surface area contributed by atoms with E-state index in [0.29, 0.717) is 6.04 Å². The number of hydrogen-bond donors (Lipinski definition) is 1. The fraction of sp³-hybridized carbons (Fsp3) is 0.647. The second-order valence-corrected chi connectivity index (χ2v) is 6.34. The van der Waals surface area contributed by atoms with Crippen molar-refractivity contribution in [2.75, 3.05) is 33.3 Å². The van der Waals surface area contributed by atoms with E-state index in [0.717, 1.165) is 32.6 Å². The highest BCUT2D eigenvalue weighted by Gasteiger charge is 2.19. The Kier molecular flexibility index (Phi) is 5.19. The minimum Gasteiger partial charge on any atom is -0.378 e. The van der Waals surface area contributed by atoms with Crippen molar-refractivity contribution in [2.45, 2.75) is 38.8 Å². The lowest BCUT2D eigenvalue weighted by atomic mass is 9.96. The van der Waals surface area contributed by atoms with Gasteiger partial charge in [-0.05, 0) is 31.9 Å². The Hall–Kier alpha value is -0.900. The molecular weight excluding hydrogens is 248 g/mol. The van der Waals surface area contributed by atoms with Gasteiger partial charge in [0.15, 0.2) is 0 Å². The van der Waals surface area contributed by atoms with Crippen LogP contribution < -0.4 is 5.32 Å². The fourth-order valence-corrected chi connectivity index (χ4v) is 2.76. The molecule has 1 aliphatic rings. The lowest BCUT2D eigenvalue weighted by molar-refractivity contribution is 0.0232. The van der Waals surface area contributed by atoms with E-state index in [1.165, 1.54) is 11.1 Å². The van der Waals surface area contributed by atoms with Crippen molar-refractivity contribution in [2.24, 2.45) is 0 Å². The van der Waals surface area contributed by atoms with Gasteiger partial charge in [-0.2, -0.15) is 0 Å². The van der Waals surface area contributed by atoms with Gasteiger partial charge in [-0.1, -0.05) is 24.3 Å². The van der Waals surface area contributed by atoms with Gasteiger partial charge < -0.3 is 10.1 Å². The predicted molar refractivity (Wildman–Crippen MR) is 84.1 cm³/mol. The quantitative estimate of drug-likeness (QED) is 0.895. The smallest absolute Gasteiger partial charge is 0.0662 e. The molecule has 0 saturated carbocycles. The van der Waals surface area contributed by atoms with Crippen LogP contribution in [0.15, 0.2) is 24.3 Å². The van der Waals surface area contributed by atoms with Crippen LogP contribution in [0.4, 0.5) is 0 Å². The van der Waals surface area contributed by atoms with Crippen LogP contribution in [0.2, 0.25) is 0 Å². The van der Waals surface area contributed by atoms with Gasteiger partial charge in [-0.25, -0.2) is 0 Å². The summed E-state index contributed by atoms with van der Waals surface area (Å²) in [6, 6.07) is 9.53. The minimum atomic E-state index is -0.0916. The maximum absolute atomic E-state index is 5.50. The van der Waals surface area contributed by atoms with Crippen molar-refractivity contribution in [1.29, 1.82) is 0 Å². The monoisotopic (exact) mass is 276 g/mol. The SMILES string of the molecule is COC(C)(C)Cc1ccc(C(C)N2CCNCC2)cc1. The van der Waals surface area contributed by atoms with Gasteiger partial charge in [0.1, 0.15) is 0 Å². The first kappa shape index (κ1) is 15.5. The lowest BCUT2D eigenvalue weighted by Gasteiger charge is -2.33. The molecule has 3 nitrogen and oxygen atoms in total. The summed E-state index contributed by atoms with van der Waals surface area (Å²) in [5, 5.41) is 3.41. The van der Waals surface area contributed by atoms with E-state index in [9.17, 15) is 0 Å². The highest BCUT2D eigenvalue weighted by molar-refractivity contribution is 5.26. The molecule has 1 unspecified atom stereocenters. The first-order valence-electron chi connectivity index (χ1n) is 7.60. The van der Waals surface area contributed by atoms with E-state index in [4.69, 9.17) is 4.74 Å². The summed E-state index contributed by atoms with van der Waals surface area (Å²) in [7, 11) is 1.78. The fourth-order valence-electron chi connectivity index (χ4n) is 2.76. The Morgan fingerprint density at radius 2 is 1.80 bits per heavy atom. The lowest BCUT2D eigenvalue weighted by Crippen LogP contribution is -2.44. The zero-order valence-electron chi connectivity index (χ0n) is 13.3. The van der Waals surface area contributed by atoms with E-state index in [1.54, 1.807) is 7.11 Å². The standard InChI is InChI=1S/C17H28N2O/c1-14(19-11-9-18-10-12-19)16-7-5-15(6-8-16)13-17(2,3)20-4/h5-8,14,18H,9-13H2,1-4H3. The molecule has 0 radical (unpaired) electrons. The molecule has 0 bridgehead atoms. The maximum Gasteiger partial charge on any atom is 0.0662 e. The molecule has 0 spiro atoms. The van der Waals surface area contributed by atoms with Crippen LogP contribution in [-0.2, 0) is 11.2 Å². The molecule has 20 heavy (non-hydrogen) atoms. The predicted octanol–water partition coefficient (Wildman–Crippen LogP) is 2.62. The second-order valence-electron chi connectivity index (χ2n) is 6.34. The van der Waals surface area contributed by atoms with Gasteiger partial charge in [0.2, 0.25) is 0 Å². The van der Waals surface area contributed by atoms with Gasteiger partial charge in [0, 0.05) is 45.8 Å². The van der Waals surface area contributed by atoms with Crippen LogP contribution in [0.3, 0.4) is 0 Å². The summed E-state index contributed by atoms with van der Waals surface area (Å²) in [6.07, 6.45) is 0.950. The number of hydrogen-bond acceptors (Lipinski definition) is 3. The molecule has 1 fully saturated rings. The van der Waals surface area contributed by atoms with Crippen LogP contribution in [0, 0.1) is 0 Å². The molecule has 1 N–H and O–H groups in total. The molecule has 3 heteroatoms. The number of rotatable bonds is 5. The van der Waals surface area contributed by atoms with Crippen molar-refractivity contribution in [3.8, 4) is 0 Å². The van der Waals surface area contributed by atoms with Crippen LogP contribution in [0.5, 0.6) is 0 Å². The Balaban J connectivity index is 2.00. The van der Waals surface area contributed by atoms with Gasteiger partial charge in [-0.3, -0.25) is 4.90 Å².